The standard InChI is InChI=1S/C14H18N2O/c15-9-11-13(16)17-12-6-2-1-5-10(12)14(11)7-3-4-8-14/h1-8,16H2. The van der Waals surface area contributed by atoms with Crippen LogP contribution in [-0.4, -0.2) is 0 Å². The Morgan fingerprint density at radius 3 is 2.53 bits per heavy atom. The highest BCUT2D eigenvalue weighted by Crippen LogP contribution is 2.56. The number of hydrogen-bond acceptors (Lipinski definition) is 3. The molecule has 3 nitrogen and oxygen atoms in total. The second-order valence-corrected chi connectivity index (χ2v) is 5.35. The quantitative estimate of drug-likeness (QED) is 0.695. The van der Waals surface area contributed by atoms with Gasteiger partial charge >= 0.3 is 0 Å². The molecule has 2 N–H and O–H groups in total. The van der Waals surface area contributed by atoms with Crippen molar-refractivity contribution in [1.82, 2.24) is 0 Å². The van der Waals surface area contributed by atoms with Crippen LogP contribution in [0.2, 0.25) is 0 Å². The van der Waals surface area contributed by atoms with Gasteiger partial charge in [0.25, 0.3) is 0 Å². The van der Waals surface area contributed by atoms with Gasteiger partial charge in [-0.25, -0.2) is 0 Å². The van der Waals surface area contributed by atoms with Crippen LogP contribution in [0, 0.1) is 16.7 Å². The lowest BCUT2D eigenvalue weighted by Crippen LogP contribution is -2.32. The molecule has 3 rings (SSSR count). The van der Waals surface area contributed by atoms with E-state index in [-0.39, 0.29) is 5.41 Å². The second kappa shape index (κ2) is 3.80. The van der Waals surface area contributed by atoms with Gasteiger partial charge < -0.3 is 10.5 Å². The van der Waals surface area contributed by atoms with E-state index in [1.165, 1.54) is 31.3 Å². The van der Waals surface area contributed by atoms with Crippen LogP contribution in [0.5, 0.6) is 0 Å². The molecule has 0 aromatic rings. The minimum Gasteiger partial charge on any atom is -0.445 e. The molecular weight excluding hydrogens is 212 g/mol. The maximum atomic E-state index is 9.39. The number of fused-ring (bicyclic) bond motifs is 1. The lowest BCUT2D eigenvalue weighted by atomic mass is 9.68. The third-order valence-corrected chi connectivity index (χ3v) is 4.52. The lowest BCUT2D eigenvalue weighted by molar-refractivity contribution is 0.215. The summed E-state index contributed by atoms with van der Waals surface area (Å²) in [6.07, 6.45) is 9.07. The van der Waals surface area contributed by atoms with E-state index >= 15 is 0 Å². The molecular formula is C14H18N2O. The van der Waals surface area contributed by atoms with Crippen LogP contribution >= 0.6 is 0 Å². The van der Waals surface area contributed by atoms with Gasteiger partial charge in [-0.15, -0.1) is 0 Å². The minimum atomic E-state index is -0.0488. The number of rotatable bonds is 0. The summed E-state index contributed by atoms with van der Waals surface area (Å²) < 4.78 is 5.69. The molecule has 1 saturated carbocycles. The Hall–Kier alpha value is -1.43. The smallest absolute Gasteiger partial charge is 0.205 e. The molecule has 0 saturated heterocycles. The zero-order valence-corrected chi connectivity index (χ0v) is 10.1. The number of hydrogen-bond donors (Lipinski definition) is 1. The zero-order valence-electron chi connectivity index (χ0n) is 10.1. The summed E-state index contributed by atoms with van der Waals surface area (Å²) in [5, 5.41) is 9.39. The number of nitrogens with zero attached hydrogens (tertiary/aromatic N) is 1. The largest absolute Gasteiger partial charge is 0.445 e. The summed E-state index contributed by atoms with van der Waals surface area (Å²) in [5.74, 6) is 1.45. The third-order valence-electron chi connectivity index (χ3n) is 4.52. The lowest BCUT2D eigenvalue weighted by Gasteiger charge is -2.39. The Kier molecular flexibility index (Phi) is 2.39. The summed E-state index contributed by atoms with van der Waals surface area (Å²) in [6.45, 7) is 0. The molecule has 1 heterocycles. The van der Waals surface area contributed by atoms with Gasteiger partial charge in [0.1, 0.15) is 11.8 Å². The van der Waals surface area contributed by atoms with Crippen molar-refractivity contribution < 1.29 is 4.74 Å². The van der Waals surface area contributed by atoms with Crippen LogP contribution in [0.1, 0.15) is 51.4 Å². The van der Waals surface area contributed by atoms with Crippen LogP contribution in [0.15, 0.2) is 22.8 Å². The molecule has 1 fully saturated rings. The molecule has 1 spiro atoms. The predicted molar refractivity (Wildman–Crippen MR) is 64.3 cm³/mol. The highest BCUT2D eigenvalue weighted by atomic mass is 16.5. The summed E-state index contributed by atoms with van der Waals surface area (Å²) >= 11 is 0. The number of ether oxygens (including phenoxy) is 1. The molecule has 90 valence electrons. The number of allylic oxidation sites excluding steroid dienone is 3. The zero-order chi connectivity index (χ0) is 11.9. The summed E-state index contributed by atoms with van der Waals surface area (Å²) in [4.78, 5) is 0. The maximum absolute atomic E-state index is 9.39. The Balaban J connectivity index is 2.12. The van der Waals surface area contributed by atoms with E-state index in [9.17, 15) is 5.26 Å². The van der Waals surface area contributed by atoms with Crippen LogP contribution in [0.4, 0.5) is 0 Å². The third kappa shape index (κ3) is 1.40. The molecule has 0 amide bonds. The van der Waals surface area contributed by atoms with Crippen molar-refractivity contribution in [3.8, 4) is 6.07 Å². The van der Waals surface area contributed by atoms with E-state index in [1.807, 2.05) is 0 Å². The van der Waals surface area contributed by atoms with Gasteiger partial charge in [-0.05, 0) is 37.7 Å². The molecule has 0 aromatic carbocycles. The van der Waals surface area contributed by atoms with Gasteiger partial charge in [-0.2, -0.15) is 5.26 Å². The maximum Gasteiger partial charge on any atom is 0.205 e. The van der Waals surface area contributed by atoms with Crippen molar-refractivity contribution in [3.05, 3.63) is 22.8 Å². The Labute approximate surface area is 102 Å². The van der Waals surface area contributed by atoms with Gasteiger partial charge in [0.15, 0.2) is 0 Å². The van der Waals surface area contributed by atoms with Crippen LogP contribution in [0.25, 0.3) is 0 Å². The average Bonchev–Trinajstić information content (AvgIpc) is 2.80. The van der Waals surface area contributed by atoms with E-state index in [2.05, 4.69) is 6.07 Å². The first-order chi connectivity index (χ1) is 8.28. The van der Waals surface area contributed by atoms with E-state index in [4.69, 9.17) is 10.5 Å². The van der Waals surface area contributed by atoms with Gasteiger partial charge in [-0.1, -0.05) is 12.8 Å². The second-order valence-electron chi connectivity index (χ2n) is 5.35. The molecule has 17 heavy (non-hydrogen) atoms. The van der Waals surface area contributed by atoms with Gasteiger partial charge in [0, 0.05) is 11.8 Å². The molecule has 2 aliphatic carbocycles. The number of nitriles is 1. The van der Waals surface area contributed by atoms with Crippen LogP contribution in [-0.2, 0) is 4.74 Å². The molecule has 3 heteroatoms. The van der Waals surface area contributed by atoms with Gasteiger partial charge in [0.2, 0.25) is 5.88 Å². The van der Waals surface area contributed by atoms with Gasteiger partial charge in [0.05, 0.1) is 5.57 Å². The van der Waals surface area contributed by atoms with E-state index in [0.29, 0.717) is 11.5 Å². The Morgan fingerprint density at radius 1 is 1.12 bits per heavy atom. The minimum absolute atomic E-state index is 0.0488. The van der Waals surface area contributed by atoms with Crippen molar-refractivity contribution in [2.75, 3.05) is 0 Å². The average molecular weight is 230 g/mol. The predicted octanol–water partition coefficient (Wildman–Crippen LogP) is 3.10. The van der Waals surface area contributed by atoms with Crippen molar-refractivity contribution in [1.29, 1.82) is 5.26 Å². The van der Waals surface area contributed by atoms with Crippen molar-refractivity contribution >= 4 is 0 Å². The van der Waals surface area contributed by atoms with E-state index in [0.717, 1.165) is 31.4 Å². The number of nitrogens with two attached hydrogens (primary N) is 1. The Morgan fingerprint density at radius 2 is 1.82 bits per heavy atom. The monoisotopic (exact) mass is 230 g/mol. The topological polar surface area (TPSA) is 59.0 Å². The molecule has 0 atom stereocenters. The van der Waals surface area contributed by atoms with E-state index < -0.39 is 0 Å². The molecule has 0 unspecified atom stereocenters. The first-order valence-electron chi connectivity index (χ1n) is 6.58. The van der Waals surface area contributed by atoms with Crippen molar-refractivity contribution in [3.63, 3.8) is 0 Å². The van der Waals surface area contributed by atoms with E-state index in [1.54, 1.807) is 0 Å². The fraction of sp³-hybridized carbons (Fsp3) is 0.643. The molecule has 1 aliphatic heterocycles. The highest BCUT2D eigenvalue weighted by Gasteiger charge is 2.47. The van der Waals surface area contributed by atoms with Gasteiger partial charge in [-0.3, -0.25) is 0 Å². The summed E-state index contributed by atoms with van der Waals surface area (Å²) in [5.41, 5.74) is 8.00. The van der Waals surface area contributed by atoms with Crippen molar-refractivity contribution in [2.24, 2.45) is 11.1 Å². The molecule has 0 radical (unpaired) electrons. The van der Waals surface area contributed by atoms with Crippen LogP contribution < -0.4 is 5.73 Å². The fourth-order valence-corrected chi connectivity index (χ4v) is 3.76. The molecule has 0 bridgehead atoms. The normalized spacial score (nSPS) is 26.8. The first kappa shape index (κ1) is 10.7. The molecule has 3 aliphatic rings. The van der Waals surface area contributed by atoms with Crippen LogP contribution in [0.3, 0.4) is 0 Å². The Bertz CT molecular complexity index is 447. The fourth-order valence-electron chi connectivity index (χ4n) is 3.76. The first-order valence-corrected chi connectivity index (χ1v) is 6.58. The summed E-state index contributed by atoms with van der Waals surface area (Å²) in [7, 11) is 0. The molecule has 0 aromatic heterocycles. The van der Waals surface area contributed by atoms with Crippen molar-refractivity contribution in [2.45, 2.75) is 51.4 Å². The SMILES string of the molecule is N#CC1=C(N)OC2=C(CCCC2)C12CCCC2. The summed E-state index contributed by atoms with van der Waals surface area (Å²) in [6, 6.07) is 2.31. The highest BCUT2D eigenvalue weighted by molar-refractivity contribution is 5.45.